The zero-order valence-corrected chi connectivity index (χ0v) is 23.1. The molecule has 0 amide bonds. The first-order valence-corrected chi connectivity index (χ1v) is 14.3. The van der Waals surface area contributed by atoms with Crippen LogP contribution in [0.2, 0.25) is 0 Å². The van der Waals surface area contributed by atoms with Gasteiger partial charge in [-0.2, -0.15) is 0 Å². The number of hydrogen-bond acceptors (Lipinski definition) is 1. The Hall–Kier alpha value is -5.14. The van der Waals surface area contributed by atoms with Gasteiger partial charge in [0, 0.05) is 10.8 Å². The topological polar surface area (TPSA) is 13.1 Å². The van der Waals surface area contributed by atoms with Crippen molar-refractivity contribution >= 4 is 66.4 Å². The Bertz CT molecular complexity index is 2440. The predicted molar refractivity (Wildman–Crippen MR) is 177 cm³/mol. The minimum absolute atomic E-state index is 0.918. The Balaban J connectivity index is 1.59. The molecule has 0 atom stereocenters. The number of hydrogen-bond donors (Lipinski definition) is 0. The lowest BCUT2D eigenvalue weighted by atomic mass is 9.84. The predicted octanol–water partition coefficient (Wildman–Crippen LogP) is 9.98. The van der Waals surface area contributed by atoms with Gasteiger partial charge in [-0.3, -0.25) is 0 Å². The zero-order valence-electron chi connectivity index (χ0n) is 23.1. The molecular formula is C40H28O. The van der Waals surface area contributed by atoms with Gasteiger partial charge in [-0.25, -0.2) is 0 Å². The molecule has 1 aromatic heterocycles. The van der Waals surface area contributed by atoms with Crippen molar-refractivity contribution in [3.63, 3.8) is 0 Å². The van der Waals surface area contributed by atoms with Gasteiger partial charge in [0.15, 0.2) is 0 Å². The maximum Gasteiger partial charge on any atom is 0.136 e. The van der Waals surface area contributed by atoms with E-state index in [0.717, 1.165) is 16.6 Å². The number of para-hydroxylation sites is 1. The average molecular weight is 525 g/mol. The van der Waals surface area contributed by atoms with E-state index in [1.54, 1.807) is 0 Å². The standard InChI is InChI=1S/C40H28O/c1-3-26-27(4-2)39(35-24-25-14-5-6-15-28(25)29-16-7-8-17-30(29)35)32-19-10-9-18-31(32)38(26)34-21-13-23-37-40(34)33-20-11-12-22-36(33)41-37/h3-24H,1-2H3/b26-3+,27-4+. The van der Waals surface area contributed by atoms with E-state index in [1.807, 2.05) is 6.07 Å². The summed E-state index contributed by atoms with van der Waals surface area (Å²) in [7, 11) is 0. The van der Waals surface area contributed by atoms with Gasteiger partial charge in [0.1, 0.15) is 11.2 Å². The summed E-state index contributed by atoms with van der Waals surface area (Å²) in [4.78, 5) is 0. The highest BCUT2D eigenvalue weighted by molar-refractivity contribution is 6.20. The van der Waals surface area contributed by atoms with Gasteiger partial charge in [-0.15, -0.1) is 0 Å². The molecule has 1 nitrogen and oxygen atoms in total. The molecule has 0 aliphatic rings. The van der Waals surface area contributed by atoms with Crippen LogP contribution in [-0.2, 0) is 0 Å². The normalized spacial score (nSPS) is 12.9. The van der Waals surface area contributed by atoms with Crippen LogP contribution in [-0.4, -0.2) is 0 Å². The zero-order chi connectivity index (χ0) is 27.5. The van der Waals surface area contributed by atoms with Crippen LogP contribution < -0.4 is 10.4 Å². The molecule has 0 N–H and O–H groups in total. The molecule has 1 heteroatoms. The maximum absolute atomic E-state index is 6.32. The molecule has 41 heavy (non-hydrogen) atoms. The van der Waals surface area contributed by atoms with Crippen LogP contribution in [0.25, 0.3) is 88.7 Å². The molecular weight excluding hydrogens is 496 g/mol. The van der Waals surface area contributed by atoms with Crippen molar-refractivity contribution in [2.45, 2.75) is 13.8 Å². The Morgan fingerprint density at radius 3 is 1.68 bits per heavy atom. The first-order chi connectivity index (χ1) is 20.3. The van der Waals surface area contributed by atoms with Gasteiger partial charge >= 0.3 is 0 Å². The van der Waals surface area contributed by atoms with Gasteiger partial charge in [0.25, 0.3) is 0 Å². The van der Waals surface area contributed by atoms with Crippen LogP contribution in [0.4, 0.5) is 0 Å². The van der Waals surface area contributed by atoms with Crippen LogP contribution in [0.5, 0.6) is 0 Å². The first-order valence-electron chi connectivity index (χ1n) is 14.3. The van der Waals surface area contributed by atoms with Crippen molar-refractivity contribution in [1.82, 2.24) is 0 Å². The second kappa shape index (κ2) is 9.21. The fraction of sp³-hybridized carbons (Fsp3) is 0.0500. The first kappa shape index (κ1) is 23.7. The highest BCUT2D eigenvalue weighted by Crippen LogP contribution is 2.41. The summed E-state index contributed by atoms with van der Waals surface area (Å²) < 4.78 is 6.32. The number of furan rings is 1. The van der Waals surface area contributed by atoms with Gasteiger partial charge in [0.2, 0.25) is 0 Å². The molecule has 0 unspecified atom stereocenters. The second-order valence-corrected chi connectivity index (χ2v) is 10.7. The molecule has 0 spiro atoms. The van der Waals surface area contributed by atoms with E-state index in [4.69, 9.17) is 4.42 Å². The lowest BCUT2D eigenvalue weighted by molar-refractivity contribution is 0.669. The van der Waals surface area contributed by atoms with Crippen molar-refractivity contribution in [2.24, 2.45) is 0 Å². The highest BCUT2D eigenvalue weighted by Gasteiger charge is 2.20. The van der Waals surface area contributed by atoms with Crippen molar-refractivity contribution in [2.75, 3.05) is 0 Å². The molecule has 0 aliphatic carbocycles. The van der Waals surface area contributed by atoms with E-state index in [2.05, 4.69) is 141 Å². The lowest BCUT2D eigenvalue weighted by Gasteiger charge is -2.18. The van der Waals surface area contributed by atoms with Crippen molar-refractivity contribution in [1.29, 1.82) is 0 Å². The van der Waals surface area contributed by atoms with E-state index in [9.17, 15) is 0 Å². The van der Waals surface area contributed by atoms with Crippen LogP contribution in [0, 0.1) is 0 Å². The Morgan fingerprint density at radius 2 is 0.976 bits per heavy atom. The quantitative estimate of drug-likeness (QED) is 0.205. The third-order valence-electron chi connectivity index (χ3n) is 8.58. The number of fused-ring (bicyclic) bond motifs is 7. The molecule has 0 saturated heterocycles. The Labute approximate surface area is 238 Å². The smallest absolute Gasteiger partial charge is 0.136 e. The van der Waals surface area contributed by atoms with E-state index >= 15 is 0 Å². The molecule has 1 heterocycles. The van der Waals surface area contributed by atoms with Crippen molar-refractivity contribution in [3.05, 3.63) is 132 Å². The van der Waals surface area contributed by atoms with Gasteiger partial charge in [0.05, 0.1) is 0 Å². The summed E-state index contributed by atoms with van der Waals surface area (Å²) in [5, 5.41) is 12.4. The van der Waals surface area contributed by atoms with E-state index < -0.39 is 0 Å². The summed E-state index contributed by atoms with van der Waals surface area (Å²) in [5.41, 5.74) is 6.84. The number of benzene rings is 7. The van der Waals surface area contributed by atoms with E-state index in [0.29, 0.717) is 0 Å². The van der Waals surface area contributed by atoms with Gasteiger partial charge in [-0.1, -0.05) is 115 Å². The molecule has 0 bridgehead atoms. The fourth-order valence-electron chi connectivity index (χ4n) is 6.90. The number of rotatable bonds is 2. The molecule has 8 rings (SSSR count). The summed E-state index contributed by atoms with van der Waals surface area (Å²) in [5.74, 6) is 0. The largest absolute Gasteiger partial charge is 0.456 e. The Kier molecular flexibility index (Phi) is 5.33. The van der Waals surface area contributed by atoms with Gasteiger partial charge < -0.3 is 4.42 Å². The lowest BCUT2D eigenvalue weighted by Crippen LogP contribution is -2.29. The summed E-state index contributed by atoms with van der Waals surface area (Å²) >= 11 is 0. The SMILES string of the molecule is C/C=c1/c(-c2cc3ccccc3c3ccccc23)c2ccccc2c(-c2cccc3oc4ccccc4c23)/c1=C/C. The van der Waals surface area contributed by atoms with Crippen LogP contribution in [0.1, 0.15) is 13.8 Å². The summed E-state index contributed by atoms with van der Waals surface area (Å²) in [6.07, 6.45) is 4.57. The molecule has 0 fully saturated rings. The molecule has 8 aromatic rings. The highest BCUT2D eigenvalue weighted by atomic mass is 16.3. The minimum Gasteiger partial charge on any atom is -0.456 e. The third kappa shape index (κ3) is 3.42. The van der Waals surface area contributed by atoms with Crippen LogP contribution >= 0.6 is 0 Å². The summed E-state index contributed by atoms with van der Waals surface area (Å²) in [6, 6.07) is 43.7. The monoisotopic (exact) mass is 524 g/mol. The maximum atomic E-state index is 6.32. The molecule has 0 radical (unpaired) electrons. The van der Waals surface area contributed by atoms with Crippen LogP contribution in [0.3, 0.4) is 0 Å². The van der Waals surface area contributed by atoms with Crippen molar-refractivity contribution < 1.29 is 4.42 Å². The van der Waals surface area contributed by atoms with Crippen LogP contribution in [0.15, 0.2) is 126 Å². The second-order valence-electron chi connectivity index (χ2n) is 10.7. The summed E-state index contributed by atoms with van der Waals surface area (Å²) in [6.45, 7) is 4.33. The fourth-order valence-corrected chi connectivity index (χ4v) is 6.90. The Morgan fingerprint density at radius 1 is 0.439 bits per heavy atom. The van der Waals surface area contributed by atoms with E-state index in [-0.39, 0.29) is 0 Å². The molecule has 0 aliphatic heterocycles. The van der Waals surface area contributed by atoms with E-state index in [1.165, 1.54) is 70.4 Å². The average Bonchev–Trinajstić information content (AvgIpc) is 3.42. The van der Waals surface area contributed by atoms with Gasteiger partial charge in [-0.05, 0) is 97.1 Å². The van der Waals surface area contributed by atoms with Crippen molar-refractivity contribution in [3.8, 4) is 22.3 Å². The molecule has 194 valence electrons. The third-order valence-corrected chi connectivity index (χ3v) is 8.58. The molecule has 7 aromatic carbocycles. The molecule has 0 saturated carbocycles. The minimum atomic E-state index is 0.918.